The summed E-state index contributed by atoms with van der Waals surface area (Å²) in [7, 11) is -2.69. The van der Waals surface area contributed by atoms with Crippen molar-refractivity contribution in [2.24, 2.45) is 0 Å². The van der Waals surface area contributed by atoms with E-state index in [0.717, 1.165) is 39.0 Å². The molecule has 274 valence electrons. The smallest absolute Gasteiger partial charge is 0.179 e. The first-order valence-electron chi connectivity index (χ1n) is 19.7. The van der Waals surface area contributed by atoms with Gasteiger partial charge < -0.3 is 9.32 Å². The van der Waals surface area contributed by atoms with Gasteiger partial charge >= 0.3 is 0 Å². The van der Waals surface area contributed by atoms with E-state index < -0.39 is 8.07 Å². The van der Waals surface area contributed by atoms with Crippen LogP contribution >= 0.6 is 11.3 Å². The summed E-state index contributed by atoms with van der Waals surface area (Å²) in [5.41, 5.74) is 7.48. The van der Waals surface area contributed by atoms with Crippen molar-refractivity contribution in [2.75, 3.05) is 4.90 Å². The molecule has 0 aliphatic carbocycles. The Morgan fingerprint density at radius 2 is 0.793 bits per heavy atom. The molecule has 0 fully saturated rings. The molecule has 0 spiro atoms. The topological polar surface area (TPSA) is 16.4 Å². The highest BCUT2D eigenvalue weighted by Gasteiger charge is 2.41. The highest BCUT2D eigenvalue weighted by Crippen LogP contribution is 2.43. The van der Waals surface area contributed by atoms with E-state index in [1.807, 2.05) is 23.5 Å². The lowest BCUT2D eigenvalue weighted by molar-refractivity contribution is 0.669. The minimum Gasteiger partial charge on any atom is -0.456 e. The van der Waals surface area contributed by atoms with Gasteiger partial charge in [-0.25, -0.2) is 0 Å². The first kappa shape index (κ1) is 34.3. The summed E-state index contributed by atoms with van der Waals surface area (Å²) in [6.07, 6.45) is 0. The minimum absolute atomic E-state index is 0.875. The van der Waals surface area contributed by atoms with Gasteiger partial charge in [-0.3, -0.25) is 0 Å². The van der Waals surface area contributed by atoms with Gasteiger partial charge in [0.1, 0.15) is 11.2 Å². The molecule has 0 radical (unpaired) electrons. The molecular weight excluding hydrogens is 739 g/mol. The van der Waals surface area contributed by atoms with Crippen LogP contribution in [-0.4, -0.2) is 8.07 Å². The summed E-state index contributed by atoms with van der Waals surface area (Å²) in [5, 5.41) is 10.2. The maximum absolute atomic E-state index is 6.46. The van der Waals surface area contributed by atoms with Gasteiger partial charge in [0.25, 0.3) is 0 Å². The largest absolute Gasteiger partial charge is 0.456 e. The Morgan fingerprint density at radius 1 is 0.328 bits per heavy atom. The quantitative estimate of drug-likeness (QED) is 0.113. The van der Waals surface area contributed by atoms with Crippen LogP contribution in [0.5, 0.6) is 0 Å². The molecular formula is C54H37NOSSi. The first-order valence-corrected chi connectivity index (χ1v) is 22.6. The minimum atomic E-state index is -2.69. The Kier molecular flexibility index (Phi) is 8.39. The third-order valence-corrected chi connectivity index (χ3v) is 17.5. The van der Waals surface area contributed by atoms with E-state index in [-0.39, 0.29) is 0 Å². The van der Waals surface area contributed by atoms with Gasteiger partial charge in [-0.05, 0) is 80.4 Å². The summed E-state index contributed by atoms with van der Waals surface area (Å²) < 4.78 is 9.01. The van der Waals surface area contributed by atoms with E-state index >= 15 is 0 Å². The average molecular weight is 776 g/mol. The highest BCUT2D eigenvalue weighted by atomic mass is 32.1. The van der Waals surface area contributed by atoms with E-state index in [1.54, 1.807) is 0 Å². The molecule has 0 saturated carbocycles. The fraction of sp³-hybridized carbons (Fsp3) is 0. The van der Waals surface area contributed by atoms with Crippen LogP contribution in [0, 0.1) is 0 Å². The molecule has 0 bridgehead atoms. The van der Waals surface area contributed by atoms with Gasteiger partial charge in [0.05, 0.1) is 0 Å². The van der Waals surface area contributed by atoms with E-state index in [0.29, 0.717) is 0 Å². The molecule has 2 aromatic heterocycles. The Hall–Kier alpha value is -6.98. The number of fused-ring (bicyclic) bond motifs is 6. The van der Waals surface area contributed by atoms with Crippen LogP contribution in [0.3, 0.4) is 0 Å². The Balaban J connectivity index is 1.09. The Bertz CT molecular complexity index is 3120. The van der Waals surface area contributed by atoms with Crippen molar-refractivity contribution >= 4 is 99.3 Å². The monoisotopic (exact) mass is 775 g/mol. The van der Waals surface area contributed by atoms with Crippen molar-refractivity contribution in [3.8, 4) is 11.1 Å². The SMILES string of the molecule is c1ccc(-c2ccc3c(c2)sc2cc(N(c4ccc([Si](c5ccccc5)(c5ccccc5)c5ccccc5)cc4)c4ccc5c(c4)oc4ccccc45)ccc23)cc1. The third kappa shape index (κ3) is 5.68. The number of nitrogens with zero attached hydrogens (tertiary/aromatic N) is 1. The lowest BCUT2D eigenvalue weighted by atomic mass is 10.0. The maximum Gasteiger partial charge on any atom is 0.179 e. The lowest BCUT2D eigenvalue weighted by Crippen LogP contribution is -2.74. The number of furan rings is 1. The van der Waals surface area contributed by atoms with Gasteiger partial charge in [-0.2, -0.15) is 0 Å². The fourth-order valence-corrected chi connectivity index (χ4v) is 14.9. The number of hydrogen-bond acceptors (Lipinski definition) is 3. The van der Waals surface area contributed by atoms with Crippen molar-refractivity contribution in [2.45, 2.75) is 0 Å². The molecule has 0 unspecified atom stereocenters. The normalized spacial score (nSPS) is 11.8. The molecule has 0 N–H and O–H groups in total. The van der Waals surface area contributed by atoms with Crippen LogP contribution in [-0.2, 0) is 0 Å². The van der Waals surface area contributed by atoms with Gasteiger partial charge in [0, 0.05) is 54.1 Å². The Morgan fingerprint density at radius 3 is 1.43 bits per heavy atom. The number of anilines is 3. The summed E-state index contributed by atoms with van der Waals surface area (Å²) in [6.45, 7) is 0. The standard InChI is InChI=1S/C54H37NOSSi/c1-5-15-38(16-6-1)39-25-32-49-50-34-29-42(37-54(50)57-53(49)35-39)55(41-28-33-48-47-23-13-14-24-51(47)56-52(48)36-41)40-26-30-46(31-27-40)58(43-17-7-2-8-18-43,44-19-9-3-10-20-44)45-21-11-4-12-22-45/h1-37H. The molecule has 11 rings (SSSR count). The lowest BCUT2D eigenvalue weighted by Gasteiger charge is -2.35. The first-order chi connectivity index (χ1) is 28.7. The number of thiophene rings is 1. The van der Waals surface area contributed by atoms with E-state index in [1.165, 1.54) is 52.0 Å². The van der Waals surface area contributed by atoms with Crippen molar-refractivity contribution in [3.05, 3.63) is 224 Å². The second-order valence-electron chi connectivity index (χ2n) is 14.9. The molecule has 0 amide bonds. The van der Waals surface area contributed by atoms with Crippen LogP contribution in [0.25, 0.3) is 53.2 Å². The number of para-hydroxylation sites is 1. The number of hydrogen-bond donors (Lipinski definition) is 0. The molecule has 2 nitrogen and oxygen atoms in total. The van der Waals surface area contributed by atoms with Gasteiger partial charge in [0.2, 0.25) is 0 Å². The summed E-state index contributed by atoms with van der Waals surface area (Å²) in [5.74, 6) is 0. The number of rotatable bonds is 8. The summed E-state index contributed by atoms with van der Waals surface area (Å²) in [6, 6.07) is 82.1. The van der Waals surface area contributed by atoms with E-state index in [2.05, 4.69) is 217 Å². The number of benzene rings is 9. The average Bonchev–Trinajstić information content (AvgIpc) is 3.86. The van der Waals surface area contributed by atoms with Crippen molar-refractivity contribution in [1.29, 1.82) is 0 Å². The molecule has 0 atom stereocenters. The summed E-state index contributed by atoms with van der Waals surface area (Å²) in [4.78, 5) is 2.38. The fourth-order valence-electron chi connectivity index (χ4n) is 8.94. The van der Waals surface area contributed by atoms with Crippen molar-refractivity contribution < 1.29 is 4.42 Å². The highest BCUT2D eigenvalue weighted by molar-refractivity contribution is 7.26. The van der Waals surface area contributed by atoms with Crippen LogP contribution in [0.15, 0.2) is 229 Å². The molecule has 4 heteroatoms. The maximum atomic E-state index is 6.46. The molecule has 0 aliphatic rings. The molecule has 58 heavy (non-hydrogen) atoms. The van der Waals surface area contributed by atoms with Gasteiger partial charge in [-0.1, -0.05) is 170 Å². The molecule has 0 saturated heterocycles. The van der Waals surface area contributed by atoms with Crippen molar-refractivity contribution in [3.63, 3.8) is 0 Å². The zero-order valence-corrected chi connectivity index (χ0v) is 33.4. The van der Waals surface area contributed by atoms with Crippen LogP contribution in [0.1, 0.15) is 0 Å². The van der Waals surface area contributed by atoms with E-state index in [9.17, 15) is 0 Å². The van der Waals surface area contributed by atoms with Crippen LogP contribution < -0.4 is 25.6 Å². The zero-order valence-electron chi connectivity index (χ0n) is 31.6. The molecule has 0 aliphatic heterocycles. The Labute approximate surface area is 342 Å². The second-order valence-corrected chi connectivity index (χ2v) is 19.8. The molecule has 2 heterocycles. The van der Waals surface area contributed by atoms with E-state index in [4.69, 9.17) is 4.42 Å². The summed E-state index contributed by atoms with van der Waals surface area (Å²) >= 11 is 1.86. The second kappa shape index (κ2) is 14.2. The zero-order chi connectivity index (χ0) is 38.5. The van der Waals surface area contributed by atoms with Crippen molar-refractivity contribution in [1.82, 2.24) is 0 Å². The molecule has 11 aromatic rings. The van der Waals surface area contributed by atoms with Crippen LogP contribution in [0.4, 0.5) is 17.1 Å². The predicted octanol–water partition coefficient (Wildman–Crippen LogP) is 12.5. The van der Waals surface area contributed by atoms with Gasteiger partial charge in [0.15, 0.2) is 8.07 Å². The molecule has 9 aromatic carbocycles. The van der Waals surface area contributed by atoms with Crippen LogP contribution in [0.2, 0.25) is 0 Å². The predicted molar refractivity (Wildman–Crippen MR) is 250 cm³/mol. The third-order valence-electron chi connectivity index (χ3n) is 11.6. The van der Waals surface area contributed by atoms with Gasteiger partial charge in [-0.15, -0.1) is 11.3 Å².